The summed E-state index contributed by atoms with van der Waals surface area (Å²) in [5.41, 5.74) is 14.4. The summed E-state index contributed by atoms with van der Waals surface area (Å²) < 4.78 is 0. The van der Waals surface area contributed by atoms with Gasteiger partial charge in [-0.25, -0.2) is 0 Å². The molecule has 0 fully saturated rings. The van der Waals surface area contributed by atoms with Crippen LogP contribution in [0.1, 0.15) is 66.5 Å². The minimum atomic E-state index is -0.110. The zero-order valence-electron chi connectivity index (χ0n) is 27.0. The summed E-state index contributed by atoms with van der Waals surface area (Å²) in [7, 11) is 0. The van der Waals surface area contributed by atoms with Gasteiger partial charge < -0.3 is 11.1 Å². The van der Waals surface area contributed by atoms with E-state index < -0.39 is 0 Å². The van der Waals surface area contributed by atoms with Crippen LogP contribution in [0.4, 0.5) is 0 Å². The van der Waals surface area contributed by atoms with E-state index in [9.17, 15) is 0 Å². The van der Waals surface area contributed by atoms with Crippen LogP contribution in [0.25, 0.3) is 0 Å². The standard InChI is InChI=1S/C43H45N3S/c1-30(47-42(44)33-19-10-4-11-20-33)35-23-14-24-36(25-35)40-29-41(46-43(45-40)34-21-12-5-13-22-34)39-27-37(31-15-6-2-7-16-31)26-38(28-39)32-17-8-3-9-18-32/h2,4-8,10-22,24,26,29,35-37,39,41-42H,1,3,9,23,25,27-28,44H2,(H,45,46). The summed E-state index contributed by atoms with van der Waals surface area (Å²) in [6.45, 7) is 4.53. The van der Waals surface area contributed by atoms with E-state index in [1.165, 1.54) is 27.3 Å². The predicted octanol–water partition coefficient (Wildman–Crippen LogP) is 10.2. The number of hydrogen-bond donors (Lipinski definition) is 2. The first-order chi connectivity index (χ1) is 23.1. The maximum Gasteiger partial charge on any atom is 0.133 e. The third-order valence-electron chi connectivity index (χ3n) is 10.0. The summed E-state index contributed by atoms with van der Waals surface area (Å²) >= 11 is 1.71. The molecule has 3 aliphatic carbocycles. The van der Waals surface area contributed by atoms with Crippen LogP contribution < -0.4 is 11.1 Å². The van der Waals surface area contributed by atoms with Crippen molar-refractivity contribution < 1.29 is 0 Å². The minimum absolute atomic E-state index is 0.0856. The van der Waals surface area contributed by atoms with E-state index in [2.05, 4.69) is 139 Å². The second-order valence-electron chi connectivity index (χ2n) is 13.2. The number of benzene rings is 3. The lowest BCUT2D eigenvalue weighted by atomic mass is 9.73. The van der Waals surface area contributed by atoms with E-state index in [0.717, 1.165) is 55.5 Å². The highest BCUT2D eigenvalue weighted by Crippen LogP contribution is 2.44. The number of allylic oxidation sites excluding steroid dienone is 9. The average Bonchev–Trinajstić information content (AvgIpc) is 3.16. The van der Waals surface area contributed by atoms with Crippen LogP contribution in [0.3, 0.4) is 0 Å². The van der Waals surface area contributed by atoms with Gasteiger partial charge in [0, 0.05) is 23.1 Å². The lowest BCUT2D eigenvalue weighted by molar-refractivity contribution is 0.394. The molecule has 3 aromatic rings. The summed E-state index contributed by atoms with van der Waals surface area (Å²) in [6.07, 6.45) is 23.2. The van der Waals surface area contributed by atoms with Crippen LogP contribution >= 0.6 is 11.8 Å². The van der Waals surface area contributed by atoms with Gasteiger partial charge >= 0.3 is 0 Å². The van der Waals surface area contributed by atoms with Crippen molar-refractivity contribution in [3.05, 3.63) is 179 Å². The van der Waals surface area contributed by atoms with Gasteiger partial charge in [-0.05, 0) is 83.6 Å². The fraction of sp³-hybridized carbons (Fsp3) is 0.279. The quantitative estimate of drug-likeness (QED) is 0.182. The Bertz CT molecular complexity index is 1730. The third-order valence-corrected chi connectivity index (χ3v) is 11.2. The van der Waals surface area contributed by atoms with E-state index in [1.54, 1.807) is 11.8 Å². The molecule has 1 aliphatic heterocycles. The van der Waals surface area contributed by atoms with Crippen LogP contribution in [0, 0.1) is 17.8 Å². The van der Waals surface area contributed by atoms with Gasteiger partial charge in [-0.3, -0.25) is 4.99 Å². The number of nitrogens with two attached hydrogens (primary N) is 1. The molecule has 4 heteroatoms. The number of hydrogen-bond acceptors (Lipinski definition) is 4. The van der Waals surface area contributed by atoms with E-state index >= 15 is 0 Å². The molecule has 0 aromatic heterocycles. The maximum atomic E-state index is 6.61. The minimum Gasteiger partial charge on any atom is -0.343 e. The average molecular weight is 636 g/mol. The molecule has 47 heavy (non-hydrogen) atoms. The van der Waals surface area contributed by atoms with Crippen molar-refractivity contribution in [2.45, 2.75) is 55.9 Å². The first kappa shape index (κ1) is 31.5. The first-order valence-electron chi connectivity index (χ1n) is 17.2. The van der Waals surface area contributed by atoms with Gasteiger partial charge in [0.25, 0.3) is 0 Å². The van der Waals surface area contributed by atoms with Gasteiger partial charge in [0.1, 0.15) is 5.84 Å². The molecule has 0 spiro atoms. The lowest BCUT2D eigenvalue weighted by Gasteiger charge is -2.36. The zero-order valence-corrected chi connectivity index (χ0v) is 27.9. The van der Waals surface area contributed by atoms with Crippen molar-refractivity contribution >= 4 is 17.6 Å². The smallest absolute Gasteiger partial charge is 0.133 e. The van der Waals surface area contributed by atoms with Crippen molar-refractivity contribution in [1.82, 2.24) is 5.32 Å². The monoisotopic (exact) mass is 635 g/mol. The highest BCUT2D eigenvalue weighted by atomic mass is 32.2. The number of thioether (sulfide) groups is 1. The van der Waals surface area contributed by atoms with Crippen LogP contribution in [-0.2, 0) is 0 Å². The van der Waals surface area contributed by atoms with Crippen molar-refractivity contribution in [3.63, 3.8) is 0 Å². The van der Waals surface area contributed by atoms with E-state index in [4.69, 9.17) is 10.7 Å². The second-order valence-corrected chi connectivity index (χ2v) is 14.5. The first-order valence-corrected chi connectivity index (χ1v) is 18.1. The van der Waals surface area contributed by atoms with Crippen molar-refractivity contribution in [2.75, 3.05) is 0 Å². The molecular formula is C43H45N3S. The number of aliphatic imine (C=N–C) groups is 1. The Morgan fingerprint density at radius 2 is 1.60 bits per heavy atom. The summed E-state index contributed by atoms with van der Waals surface area (Å²) in [5, 5.41) is 3.70. The lowest BCUT2D eigenvalue weighted by Crippen LogP contribution is -2.37. The van der Waals surface area contributed by atoms with Crippen molar-refractivity contribution in [2.24, 2.45) is 28.5 Å². The van der Waals surface area contributed by atoms with E-state index in [1.807, 2.05) is 6.07 Å². The largest absolute Gasteiger partial charge is 0.343 e. The Morgan fingerprint density at radius 3 is 2.34 bits per heavy atom. The van der Waals surface area contributed by atoms with Crippen molar-refractivity contribution in [3.8, 4) is 0 Å². The Morgan fingerprint density at radius 1 is 0.851 bits per heavy atom. The molecule has 3 aromatic carbocycles. The highest BCUT2D eigenvalue weighted by molar-refractivity contribution is 8.03. The molecule has 238 valence electrons. The predicted molar refractivity (Wildman–Crippen MR) is 200 cm³/mol. The molecule has 6 unspecified atom stereocenters. The molecule has 6 atom stereocenters. The fourth-order valence-corrected chi connectivity index (χ4v) is 8.47. The van der Waals surface area contributed by atoms with Crippen LogP contribution in [0.5, 0.6) is 0 Å². The Kier molecular flexibility index (Phi) is 9.88. The topological polar surface area (TPSA) is 50.4 Å². The summed E-state index contributed by atoms with van der Waals surface area (Å²) in [4.78, 5) is 6.63. The summed E-state index contributed by atoms with van der Waals surface area (Å²) in [5.74, 6) is 2.37. The van der Waals surface area contributed by atoms with Gasteiger partial charge in [-0.1, -0.05) is 134 Å². The molecule has 3 N–H and O–H groups in total. The normalized spacial score (nSPS) is 26.3. The molecule has 4 aliphatic rings. The number of rotatable bonds is 9. The van der Waals surface area contributed by atoms with E-state index in [-0.39, 0.29) is 17.3 Å². The molecule has 0 amide bonds. The molecule has 0 radical (unpaired) electrons. The highest BCUT2D eigenvalue weighted by Gasteiger charge is 2.34. The molecule has 1 heterocycles. The fourth-order valence-electron chi connectivity index (χ4n) is 7.46. The Labute approximate surface area is 284 Å². The van der Waals surface area contributed by atoms with Gasteiger partial charge in [0.2, 0.25) is 0 Å². The second kappa shape index (κ2) is 14.8. The van der Waals surface area contributed by atoms with Crippen LogP contribution in [0.2, 0.25) is 0 Å². The maximum absolute atomic E-state index is 6.61. The Balaban J connectivity index is 1.17. The zero-order chi connectivity index (χ0) is 32.0. The third kappa shape index (κ3) is 7.56. The number of nitrogens with zero attached hydrogens (tertiary/aromatic N) is 1. The molecule has 7 rings (SSSR count). The van der Waals surface area contributed by atoms with Crippen molar-refractivity contribution in [1.29, 1.82) is 0 Å². The van der Waals surface area contributed by atoms with Gasteiger partial charge in [-0.15, -0.1) is 11.8 Å². The van der Waals surface area contributed by atoms with E-state index in [0.29, 0.717) is 17.8 Å². The molecule has 3 nitrogen and oxygen atoms in total. The van der Waals surface area contributed by atoms with Gasteiger partial charge in [-0.2, -0.15) is 0 Å². The van der Waals surface area contributed by atoms with Gasteiger partial charge in [0.05, 0.1) is 11.4 Å². The number of nitrogens with one attached hydrogen (secondary N) is 1. The number of amidine groups is 1. The molecule has 0 saturated carbocycles. The Hall–Kier alpha value is -4.12. The molecule has 0 saturated heterocycles. The molecular weight excluding hydrogens is 591 g/mol. The van der Waals surface area contributed by atoms with Crippen LogP contribution in [-0.4, -0.2) is 11.9 Å². The SMILES string of the molecule is C=C(SC(N)c1ccccc1)C1CC=CC(C2=CC(C3CC(C4=CCCC=C4)=CC(c4ccccc4)C3)N=C(c3ccccc3)N2)C1. The molecule has 0 bridgehead atoms. The van der Waals surface area contributed by atoms with Gasteiger partial charge in [0.15, 0.2) is 0 Å². The van der Waals surface area contributed by atoms with Crippen LogP contribution in [0.15, 0.2) is 167 Å². The summed E-state index contributed by atoms with van der Waals surface area (Å²) in [6, 6.07) is 32.1.